The Hall–Kier alpha value is -1.38. The van der Waals surface area contributed by atoms with Gasteiger partial charge in [0.1, 0.15) is 5.88 Å². The van der Waals surface area contributed by atoms with Gasteiger partial charge in [-0.15, -0.1) is 11.8 Å². The molecule has 21 heavy (non-hydrogen) atoms. The molecule has 2 aromatic carbocycles. The van der Waals surface area contributed by atoms with Crippen LogP contribution in [0.15, 0.2) is 53.9 Å². The van der Waals surface area contributed by atoms with Crippen molar-refractivity contribution in [2.75, 3.05) is 4.90 Å². The van der Waals surface area contributed by atoms with Crippen molar-refractivity contribution in [2.45, 2.75) is 19.8 Å². The Balaban J connectivity index is 1.90. The van der Waals surface area contributed by atoms with E-state index < -0.39 is 0 Å². The van der Waals surface area contributed by atoms with Crippen molar-refractivity contribution in [1.29, 1.82) is 0 Å². The van der Waals surface area contributed by atoms with Gasteiger partial charge in [0, 0.05) is 10.7 Å². The van der Waals surface area contributed by atoms with E-state index in [-0.39, 0.29) is 0 Å². The molecule has 1 radical (unpaired) electrons. The third kappa shape index (κ3) is 3.12. The van der Waals surface area contributed by atoms with Gasteiger partial charge >= 0.3 is 0 Å². The van der Waals surface area contributed by atoms with E-state index in [4.69, 9.17) is 11.6 Å². The minimum Gasteiger partial charge on any atom is -0.325 e. The molecule has 1 nitrogen and oxygen atoms in total. The lowest BCUT2D eigenvalue weighted by Crippen LogP contribution is -2.13. The summed E-state index contributed by atoms with van der Waals surface area (Å²) in [7, 11) is 0. The summed E-state index contributed by atoms with van der Waals surface area (Å²) in [5, 5.41) is 2.93. The lowest BCUT2D eigenvalue weighted by molar-refractivity contribution is 0.866. The first-order valence-corrected chi connectivity index (χ1v) is 8.31. The number of nitrogens with zero attached hydrogens (tertiary/aromatic N) is 1. The van der Waals surface area contributed by atoms with Crippen LogP contribution in [-0.4, -0.2) is 0 Å². The lowest BCUT2D eigenvalue weighted by atomic mass is 10.0. The summed E-state index contributed by atoms with van der Waals surface area (Å²) in [6.45, 7) is 4.43. The summed E-state index contributed by atoms with van der Waals surface area (Å²) in [6, 6.07) is 16.7. The van der Waals surface area contributed by atoms with Crippen LogP contribution in [0.3, 0.4) is 0 Å². The van der Waals surface area contributed by atoms with Gasteiger partial charge in [-0.3, -0.25) is 0 Å². The van der Waals surface area contributed by atoms with Crippen molar-refractivity contribution in [3.05, 3.63) is 76.0 Å². The van der Waals surface area contributed by atoms with E-state index in [1.54, 1.807) is 11.8 Å². The Morgan fingerprint density at radius 1 is 1.05 bits per heavy atom. The molecule has 3 rings (SSSR count). The van der Waals surface area contributed by atoms with Crippen LogP contribution < -0.4 is 4.90 Å². The van der Waals surface area contributed by atoms with Gasteiger partial charge in [0.05, 0.1) is 5.70 Å². The first-order valence-electron chi connectivity index (χ1n) is 6.99. The molecule has 0 atom stereocenters. The number of rotatable bonds is 3. The molecule has 2 aromatic rings. The number of halogens is 1. The quantitative estimate of drug-likeness (QED) is 0.670. The highest BCUT2D eigenvalue weighted by Crippen LogP contribution is 2.39. The maximum absolute atomic E-state index is 6.11. The number of thioether (sulfide) groups is 1. The van der Waals surface area contributed by atoms with E-state index in [1.165, 1.54) is 16.8 Å². The topological polar surface area (TPSA) is 3.24 Å². The second kappa shape index (κ2) is 6.17. The molecule has 0 aliphatic carbocycles. The minimum atomic E-state index is 0.557. The van der Waals surface area contributed by atoms with Gasteiger partial charge < -0.3 is 4.90 Å². The van der Waals surface area contributed by atoms with E-state index in [9.17, 15) is 0 Å². The molecule has 0 N–H and O–H groups in total. The summed E-state index contributed by atoms with van der Waals surface area (Å²) in [5.74, 6) is 2.67. The molecule has 1 aliphatic rings. The first kappa shape index (κ1) is 14.6. The molecule has 3 heteroatoms. The number of anilines is 1. The zero-order valence-corrected chi connectivity index (χ0v) is 13.7. The van der Waals surface area contributed by atoms with Gasteiger partial charge in [0.15, 0.2) is 0 Å². The maximum Gasteiger partial charge on any atom is 0.114 e. The Morgan fingerprint density at radius 3 is 2.48 bits per heavy atom. The third-order valence-electron chi connectivity index (χ3n) is 3.56. The molecule has 0 spiro atoms. The lowest BCUT2D eigenvalue weighted by Gasteiger charge is -2.22. The SMILES string of the molecule is CC(C)c1ccc(C2=CS[CH]N2c2cccc(Cl)c2)cc1. The number of hydrogen-bond donors (Lipinski definition) is 0. The molecule has 1 heterocycles. The van der Waals surface area contributed by atoms with Crippen LogP contribution in [0.2, 0.25) is 5.02 Å². The van der Waals surface area contributed by atoms with Gasteiger partial charge in [0.2, 0.25) is 0 Å². The van der Waals surface area contributed by atoms with E-state index in [0.717, 1.165) is 10.7 Å². The largest absolute Gasteiger partial charge is 0.325 e. The van der Waals surface area contributed by atoms with Crippen molar-refractivity contribution in [1.82, 2.24) is 0 Å². The van der Waals surface area contributed by atoms with Gasteiger partial charge in [-0.1, -0.05) is 55.8 Å². The normalized spacial score (nSPS) is 14.7. The summed E-state index contributed by atoms with van der Waals surface area (Å²) in [6.07, 6.45) is 0. The highest BCUT2D eigenvalue weighted by atomic mass is 35.5. The molecule has 0 bridgehead atoms. The average Bonchev–Trinajstić information content (AvgIpc) is 2.97. The second-order valence-electron chi connectivity index (χ2n) is 5.37. The monoisotopic (exact) mass is 314 g/mol. The van der Waals surface area contributed by atoms with Gasteiger partial charge in [-0.25, -0.2) is 0 Å². The van der Waals surface area contributed by atoms with E-state index in [1.807, 2.05) is 18.2 Å². The van der Waals surface area contributed by atoms with Crippen LogP contribution in [0.1, 0.15) is 30.9 Å². The molecule has 0 amide bonds. The fourth-order valence-electron chi connectivity index (χ4n) is 2.34. The van der Waals surface area contributed by atoms with E-state index >= 15 is 0 Å². The molecule has 107 valence electrons. The van der Waals surface area contributed by atoms with Gasteiger partial charge in [-0.05, 0) is 40.7 Å². The van der Waals surface area contributed by atoms with E-state index in [2.05, 4.69) is 60.4 Å². The molecular weight excluding hydrogens is 298 g/mol. The van der Waals surface area contributed by atoms with Crippen LogP contribution in [0.25, 0.3) is 5.70 Å². The Bertz CT molecular complexity index is 661. The van der Waals surface area contributed by atoms with Crippen LogP contribution >= 0.6 is 23.4 Å². The molecule has 0 unspecified atom stereocenters. The Morgan fingerprint density at radius 2 is 1.81 bits per heavy atom. The predicted octanol–water partition coefficient (Wildman–Crippen LogP) is 6.13. The second-order valence-corrected chi connectivity index (χ2v) is 6.53. The van der Waals surface area contributed by atoms with Crippen molar-refractivity contribution in [2.24, 2.45) is 0 Å². The highest BCUT2D eigenvalue weighted by Gasteiger charge is 2.19. The minimum absolute atomic E-state index is 0.557. The number of benzene rings is 2. The maximum atomic E-state index is 6.11. The molecule has 0 fully saturated rings. The summed E-state index contributed by atoms with van der Waals surface area (Å²) in [5.41, 5.74) is 4.87. The summed E-state index contributed by atoms with van der Waals surface area (Å²) in [4.78, 5) is 2.18. The van der Waals surface area contributed by atoms with Gasteiger partial charge in [-0.2, -0.15) is 0 Å². The zero-order valence-electron chi connectivity index (χ0n) is 12.1. The van der Waals surface area contributed by atoms with E-state index in [0.29, 0.717) is 5.92 Å². The van der Waals surface area contributed by atoms with Crippen molar-refractivity contribution in [3.63, 3.8) is 0 Å². The Kier molecular flexibility index (Phi) is 4.27. The van der Waals surface area contributed by atoms with Crippen LogP contribution in [0.5, 0.6) is 0 Å². The van der Waals surface area contributed by atoms with Gasteiger partial charge in [0.25, 0.3) is 0 Å². The van der Waals surface area contributed by atoms with Crippen molar-refractivity contribution >= 4 is 34.7 Å². The molecule has 0 saturated carbocycles. The Labute approximate surface area is 135 Å². The average molecular weight is 315 g/mol. The van der Waals surface area contributed by atoms with Crippen LogP contribution in [0, 0.1) is 5.88 Å². The molecule has 0 saturated heterocycles. The summed E-state index contributed by atoms with van der Waals surface area (Å²) < 4.78 is 0. The third-order valence-corrected chi connectivity index (χ3v) is 4.49. The van der Waals surface area contributed by atoms with Crippen LogP contribution in [-0.2, 0) is 0 Å². The molecule has 0 aromatic heterocycles. The first-order chi connectivity index (χ1) is 10.1. The van der Waals surface area contributed by atoms with Crippen molar-refractivity contribution in [3.8, 4) is 0 Å². The predicted molar refractivity (Wildman–Crippen MR) is 94.3 cm³/mol. The standard InChI is InChI=1S/C18H17ClNS/c1-13(2)14-6-8-15(9-7-14)18-11-21-12-20(18)17-5-3-4-16(19)10-17/h3-13H,1-2H3. The van der Waals surface area contributed by atoms with Crippen molar-refractivity contribution < 1.29 is 0 Å². The van der Waals surface area contributed by atoms with Crippen LogP contribution in [0.4, 0.5) is 5.69 Å². The summed E-state index contributed by atoms with van der Waals surface area (Å²) >= 11 is 7.80. The highest BCUT2D eigenvalue weighted by molar-refractivity contribution is 8.04. The fourth-order valence-corrected chi connectivity index (χ4v) is 3.32. The fraction of sp³-hybridized carbons (Fsp3) is 0.167. The molecule has 1 aliphatic heterocycles. The smallest absolute Gasteiger partial charge is 0.114 e. The molecular formula is C18H17ClNS. The number of hydrogen-bond acceptors (Lipinski definition) is 2. The zero-order chi connectivity index (χ0) is 14.8.